The van der Waals surface area contributed by atoms with Gasteiger partial charge in [-0.15, -0.1) is 11.3 Å². The molecule has 0 aliphatic rings. The first-order chi connectivity index (χ1) is 7.58. The number of thiophene rings is 1. The van der Waals surface area contributed by atoms with Gasteiger partial charge in [0.05, 0.1) is 7.71 Å². The van der Waals surface area contributed by atoms with Crippen molar-refractivity contribution in [3.8, 4) is 0 Å². The van der Waals surface area contributed by atoms with E-state index in [0.717, 1.165) is 0 Å². The van der Waals surface area contributed by atoms with Crippen LogP contribution in [0.5, 0.6) is 0 Å². The summed E-state index contributed by atoms with van der Waals surface area (Å²) < 4.78 is 1.33. The predicted molar refractivity (Wildman–Crippen MR) is 83.7 cm³/mol. The summed E-state index contributed by atoms with van der Waals surface area (Å²) in [6.07, 6.45) is 0. The highest BCUT2D eigenvalue weighted by Gasteiger charge is 2.12. The smallest absolute Gasteiger partial charge is 0.0656 e. The van der Waals surface area contributed by atoms with Crippen molar-refractivity contribution < 1.29 is 0 Å². The first-order valence-electron chi connectivity index (χ1n) is 5.03. The van der Waals surface area contributed by atoms with E-state index in [4.69, 9.17) is 0 Å². The zero-order chi connectivity index (χ0) is 11.7. The normalized spacial score (nSPS) is 12.8. The maximum Gasteiger partial charge on any atom is 0.0656 e. The van der Waals surface area contributed by atoms with E-state index >= 15 is 0 Å². The molecule has 0 radical (unpaired) electrons. The van der Waals surface area contributed by atoms with Crippen LogP contribution < -0.4 is 0 Å². The Morgan fingerprint density at radius 2 is 1.88 bits per heavy atom. The molecule has 3 heteroatoms. The monoisotopic (exact) mass is 406 g/mol. The van der Waals surface area contributed by atoms with E-state index in [1.165, 1.54) is 25.1 Å². The fourth-order valence-corrected chi connectivity index (χ4v) is 3.69. The third-order valence-electron chi connectivity index (χ3n) is 2.70. The standard InChI is InChI=1S/C13H12BrIS/c1-8-3-4-10(5-9(8)2)13(14)11-6-12(15)16-7-11/h3-7,13H,1-2H3. The van der Waals surface area contributed by atoms with Crippen molar-refractivity contribution in [1.29, 1.82) is 0 Å². The molecule has 1 aromatic carbocycles. The predicted octanol–water partition coefficient (Wildman–Crippen LogP) is 5.45. The Bertz CT molecular complexity index is 504. The van der Waals surface area contributed by atoms with Crippen LogP contribution in [0.4, 0.5) is 0 Å². The molecule has 1 unspecified atom stereocenters. The highest BCUT2D eigenvalue weighted by atomic mass is 127. The molecule has 0 saturated carbocycles. The van der Waals surface area contributed by atoms with E-state index in [9.17, 15) is 0 Å². The lowest BCUT2D eigenvalue weighted by atomic mass is 10.0. The summed E-state index contributed by atoms with van der Waals surface area (Å²) in [5, 5.41) is 2.22. The number of rotatable bonds is 2. The minimum atomic E-state index is 0.312. The van der Waals surface area contributed by atoms with E-state index < -0.39 is 0 Å². The zero-order valence-electron chi connectivity index (χ0n) is 9.13. The lowest BCUT2D eigenvalue weighted by Crippen LogP contribution is -1.92. The third-order valence-corrected chi connectivity index (χ3v) is 5.57. The summed E-state index contributed by atoms with van der Waals surface area (Å²) >= 11 is 7.92. The Hall–Kier alpha value is 0.130. The Balaban J connectivity index is 2.33. The van der Waals surface area contributed by atoms with Crippen LogP contribution in [0.15, 0.2) is 29.6 Å². The first kappa shape index (κ1) is 12.6. The summed E-state index contributed by atoms with van der Waals surface area (Å²) in [6.45, 7) is 4.31. The van der Waals surface area contributed by atoms with E-state index in [1.807, 2.05) is 0 Å². The second-order valence-electron chi connectivity index (χ2n) is 3.89. The Kier molecular flexibility index (Phi) is 4.08. The van der Waals surface area contributed by atoms with Crippen molar-refractivity contribution in [1.82, 2.24) is 0 Å². The molecule has 16 heavy (non-hydrogen) atoms. The summed E-state index contributed by atoms with van der Waals surface area (Å²) in [7, 11) is 0. The second kappa shape index (κ2) is 5.19. The maximum absolute atomic E-state index is 3.77. The molecule has 2 rings (SSSR count). The van der Waals surface area contributed by atoms with Crippen molar-refractivity contribution in [3.05, 3.63) is 54.8 Å². The van der Waals surface area contributed by atoms with E-state index in [-0.39, 0.29) is 0 Å². The van der Waals surface area contributed by atoms with Crippen molar-refractivity contribution in [2.24, 2.45) is 0 Å². The molecule has 0 nitrogen and oxygen atoms in total. The van der Waals surface area contributed by atoms with Gasteiger partial charge in [0.15, 0.2) is 0 Å². The third kappa shape index (κ3) is 2.68. The van der Waals surface area contributed by atoms with Crippen molar-refractivity contribution in [3.63, 3.8) is 0 Å². The topological polar surface area (TPSA) is 0 Å². The highest BCUT2D eigenvalue weighted by Crippen LogP contribution is 2.34. The van der Waals surface area contributed by atoms with Crippen LogP contribution in [0.1, 0.15) is 27.1 Å². The molecule has 1 heterocycles. The van der Waals surface area contributed by atoms with Gasteiger partial charge in [0.2, 0.25) is 0 Å². The molecule has 0 bridgehead atoms. The summed E-state index contributed by atoms with van der Waals surface area (Å²) in [5.41, 5.74) is 5.38. The molecule has 84 valence electrons. The fraction of sp³-hybridized carbons (Fsp3) is 0.231. The van der Waals surface area contributed by atoms with Gasteiger partial charge in [-0.3, -0.25) is 0 Å². The minimum absolute atomic E-state index is 0.312. The van der Waals surface area contributed by atoms with Gasteiger partial charge in [0.1, 0.15) is 0 Å². The van der Waals surface area contributed by atoms with Crippen molar-refractivity contribution in [2.45, 2.75) is 18.7 Å². The molecule has 0 saturated heterocycles. The Morgan fingerprint density at radius 1 is 1.12 bits per heavy atom. The SMILES string of the molecule is Cc1ccc(C(Br)c2csc(I)c2)cc1C. The summed E-state index contributed by atoms with van der Waals surface area (Å²) in [6, 6.07) is 8.89. The van der Waals surface area contributed by atoms with Crippen molar-refractivity contribution >= 4 is 49.9 Å². The largest absolute Gasteiger partial charge is 0.137 e. The Morgan fingerprint density at radius 3 is 2.44 bits per heavy atom. The van der Waals surface area contributed by atoms with Gasteiger partial charge in [-0.05, 0) is 70.1 Å². The molecule has 1 aromatic heterocycles. The summed E-state index contributed by atoms with van der Waals surface area (Å²) in [5.74, 6) is 0. The van der Waals surface area contributed by atoms with Gasteiger partial charge in [0.25, 0.3) is 0 Å². The minimum Gasteiger partial charge on any atom is -0.137 e. The number of alkyl halides is 1. The molecule has 0 aliphatic carbocycles. The van der Waals surface area contributed by atoms with Gasteiger partial charge in [0, 0.05) is 0 Å². The van der Waals surface area contributed by atoms with E-state index in [1.54, 1.807) is 11.3 Å². The van der Waals surface area contributed by atoms with Crippen LogP contribution >= 0.6 is 49.9 Å². The maximum atomic E-state index is 3.77. The first-order valence-corrected chi connectivity index (χ1v) is 7.90. The van der Waals surface area contributed by atoms with Crippen LogP contribution in [0.3, 0.4) is 0 Å². The van der Waals surface area contributed by atoms with Crippen molar-refractivity contribution in [2.75, 3.05) is 0 Å². The second-order valence-corrected chi connectivity index (χ2v) is 7.61. The molecule has 0 spiro atoms. The number of benzene rings is 1. The lowest BCUT2D eigenvalue weighted by Gasteiger charge is -2.10. The molecule has 0 fully saturated rings. The molecular weight excluding hydrogens is 395 g/mol. The van der Waals surface area contributed by atoms with Crippen LogP contribution in [0.25, 0.3) is 0 Å². The Labute approximate surface area is 122 Å². The van der Waals surface area contributed by atoms with Crippen LogP contribution in [-0.4, -0.2) is 0 Å². The lowest BCUT2D eigenvalue weighted by molar-refractivity contribution is 1.17. The number of halogens is 2. The van der Waals surface area contributed by atoms with Gasteiger partial charge in [-0.1, -0.05) is 34.1 Å². The molecule has 0 amide bonds. The molecular formula is C13H12BrIS. The highest BCUT2D eigenvalue weighted by molar-refractivity contribution is 14.1. The number of hydrogen-bond donors (Lipinski definition) is 0. The van der Waals surface area contributed by atoms with Crippen LogP contribution in [0, 0.1) is 16.7 Å². The average molecular weight is 407 g/mol. The van der Waals surface area contributed by atoms with Crippen LogP contribution in [0.2, 0.25) is 0 Å². The van der Waals surface area contributed by atoms with Gasteiger partial charge >= 0.3 is 0 Å². The van der Waals surface area contributed by atoms with E-state index in [2.05, 4.69) is 82.0 Å². The number of hydrogen-bond acceptors (Lipinski definition) is 1. The summed E-state index contributed by atoms with van der Waals surface area (Å²) in [4.78, 5) is 0.312. The average Bonchev–Trinajstić information content (AvgIpc) is 2.68. The fourth-order valence-electron chi connectivity index (χ4n) is 1.57. The molecule has 2 aromatic rings. The molecule has 0 aliphatic heterocycles. The molecule has 0 N–H and O–H groups in total. The van der Waals surface area contributed by atoms with Gasteiger partial charge < -0.3 is 0 Å². The number of aryl methyl sites for hydroxylation is 2. The van der Waals surface area contributed by atoms with Gasteiger partial charge in [-0.25, -0.2) is 0 Å². The van der Waals surface area contributed by atoms with Crippen LogP contribution in [-0.2, 0) is 0 Å². The quantitative estimate of drug-likeness (QED) is 0.459. The molecule has 1 atom stereocenters. The van der Waals surface area contributed by atoms with Gasteiger partial charge in [-0.2, -0.15) is 0 Å². The van der Waals surface area contributed by atoms with E-state index in [0.29, 0.717) is 4.83 Å². The zero-order valence-corrected chi connectivity index (χ0v) is 13.7.